The minimum atomic E-state index is -4.64. The van der Waals surface area contributed by atoms with Crippen molar-refractivity contribution >= 4 is 40.6 Å². The SMILES string of the molecule is O=C(CCCC1=CCCC=C1)Nc1ccc(N2CCN(C(=O)Nc3c(Cl)cccc3C(F)(F)F)CC2)cc1. The largest absolute Gasteiger partial charge is 0.418 e. The Morgan fingerprint density at radius 3 is 2.34 bits per heavy atom. The third kappa shape index (κ3) is 7.31. The number of para-hydroxylation sites is 1. The van der Waals surface area contributed by atoms with Gasteiger partial charge in [0.25, 0.3) is 0 Å². The van der Waals surface area contributed by atoms with Crippen LogP contribution in [0.15, 0.2) is 66.3 Å². The van der Waals surface area contributed by atoms with Gasteiger partial charge in [-0.1, -0.05) is 41.5 Å². The fraction of sp³-hybridized carbons (Fsp3) is 0.357. The zero-order valence-corrected chi connectivity index (χ0v) is 21.6. The zero-order valence-electron chi connectivity index (χ0n) is 20.9. The molecule has 1 aliphatic carbocycles. The Hall–Kier alpha value is -3.46. The Morgan fingerprint density at radius 2 is 1.68 bits per heavy atom. The molecule has 1 aliphatic heterocycles. The Labute approximate surface area is 225 Å². The number of carbonyl (C=O) groups excluding carboxylic acids is 2. The van der Waals surface area contributed by atoms with Gasteiger partial charge in [-0.05, 0) is 62.1 Å². The molecule has 0 unspecified atom stereocenters. The molecule has 2 aliphatic rings. The highest BCUT2D eigenvalue weighted by Crippen LogP contribution is 2.38. The highest BCUT2D eigenvalue weighted by atomic mass is 35.5. The highest BCUT2D eigenvalue weighted by Gasteiger charge is 2.35. The van der Waals surface area contributed by atoms with Crippen LogP contribution in [0, 0.1) is 0 Å². The number of alkyl halides is 3. The van der Waals surface area contributed by atoms with Crippen LogP contribution < -0.4 is 15.5 Å². The van der Waals surface area contributed by atoms with Crippen molar-refractivity contribution in [1.82, 2.24) is 4.90 Å². The normalized spacial score (nSPS) is 15.7. The molecule has 0 atom stereocenters. The predicted molar refractivity (Wildman–Crippen MR) is 145 cm³/mol. The van der Waals surface area contributed by atoms with Crippen LogP contribution in [0.3, 0.4) is 0 Å². The molecule has 6 nitrogen and oxygen atoms in total. The predicted octanol–water partition coefficient (Wildman–Crippen LogP) is 7.10. The molecule has 202 valence electrons. The van der Waals surface area contributed by atoms with Gasteiger partial charge >= 0.3 is 12.2 Å². The Kier molecular flexibility index (Phi) is 8.99. The van der Waals surface area contributed by atoms with Gasteiger partial charge in [0.2, 0.25) is 5.91 Å². The second kappa shape index (κ2) is 12.4. The quantitative estimate of drug-likeness (QED) is 0.389. The molecule has 1 saturated heterocycles. The van der Waals surface area contributed by atoms with Gasteiger partial charge in [-0.3, -0.25) is 4.79 Å². The minimum Gasteiger partial charge on any atom is -0.368 e. The lowest BCUT2D eigenvalue weighted by molar-refractivity contribution is -0.136. The average molecular weight is 547 g/mol. The van der Waals surface area contributed by atoms with Crippen LogP contribution in [0.1, 0.15) is 37.7 Å². The number of piperazine rings is 1. The van der Waals surface area contributed by atoms with Gasteiger partial charge < -0.3 is 20.4 Å². The van der Waals surface area contributed by atoms with Crippen LogP contribution in [-0.2, 0) is 11.0 Å². The van der Waals surface area contributed by atoms with Crippen LogP contribution in [0.25, 0.3) is 0 Å². The van der Waals surface area contributed by atoms with Crippen molar-refractivity contribution < 1.29 is 22.8 Å². The number of halogens is 4. The van der Waals surface area contributed by atoms with E-state index in [4.69, 9.17) is 11.6 Å². The van der Waals surface area contributed by atoms with E-state index in [0.29, 0.717) is 38.3 Å². The molecule has 2 aromatic carbocycles. The van der Waals surface area contributed by atoms with Gasteiger partial charge in [-0.15, -0.1) is 0 Å². The van der Waals surface area contributed by atoms with Crippen LogP contribution in [0.5, 0.6) is 0 Å². The summed E-state index contributed by atoms with van der Waals surface area (Å²) < 4.78 is 40.0. The van der Waals surface area contributed by atoms with E-state index in [1.807, 2.05) is 24.3 Å². The Bertz CT molecular complexity index is 1200. The smallest absolute Gasteiger partial charge is 0.368 e. The van der Waals surface area contributed by atoms with Crippen molar-refractivity contribution in [3.05, 3.63) is 76.9 Å². The van der Waals surface area contributed by atoms with E-state index in [1.165, 1.54) is 22.6 Å². The lowest BCUT2D eigenvalue weighted by Gasteiger charge is -2.36. The van der Waals surface area contributed by atoms with Crippen LogP contribution in [0.2, 0.25) is 5.02 Å². The molecular weight excluding hydrogens is 517 g/mol. The maximum Gasteiger partial charge on any atom is 0.418 e. The molecular formula is C28H30ClF3N4O2. The van der Waals surface area contributed by atoms with Crippen molar-refractivity contribution in [2.24, 2.45) is 0 Å². The molecule has 0 radical (unpaired) electrons. The van der Waals surface area contributed by atoms with E-state index in [2.05, 4.69) is 33.8 Å². The van der Waals surface area contributed by atoms with Gasteiger partial charge in [0, 0.05) is 44.0 Å². The van der Waals surface area contributed by atoms with E-state index in [9.17, 15) is 22.8 Å². The Balaban J connectivity index is 1.24. The number of urea groups is 1. The number of hydrogen-bond acceptors (Lipinski definition) is 3. The summed E-state index contributed by atoms with van der Waals surface area (Å²) in [5.74, 6) is -0.0232. The fourth-order valence-electron chi connectivity index (χ4n) is 4.53. The summed E-state index contributed by atoms with van der Waals surface area (Å²) in [6.45, 7) is 1.69. The van der Waals surface area contributed by atoms with Gasteiger partial charge in [-0.2, -0.15) is 13.2 Å². The average Bonchev–Trinajstić information content (AvgIpc) is 2.90. The lowest BCUT2D eigenvalue weighted by atomic mass is 10.0. The minimum absolute atomic E-state index is 0.0232. The zero-order chi connectivity index (χ0) is 27.1. The number of benzene rings is 2. The van der Waals surface area contributed by atoms with Gasteiger partial charge in [-0.25, -0.2) is 4.79 Å². The van der Waals surface area contributed by atoms with Crippen molar-refractivity contribution in [3.8, 4) is 0 Å². The summed E-state index contributed by atoms with van der Waals surface area (Å²) in [6, 6.07) is 10.3. The number of anilines is 3. The number of nitrogens with one attached hydrogen (secondary N) is 2. The number of hydrogen-bond donors (Lipinski definition) is 2. The van der Waals surface area contributed by atoms with Crippen molar-refractivity contribution in [2.45, 2.75) is 38.3 Å². The first-order valence-electron chi connectivity index (χ1n) is 12.6. The molecule has 0 bridgehead atoms. The number of carbonyl (C=O) groups is 2. The maximum atomic E-state index is 13.3. The highest BCUT2D eigenvalue weighted by molar-refractivity contribution is 6.34. The number of amides is 3. The van der Waals surface area contributed by atoms with Crippen molar-refractivity contribution in [3.63, 3.8) is 0 Å². The Morgan fingerprint density at radius 1 is 0.947 bits per heavy atom. The number of rotatable bonds is 7. The maximum absolute atomic E-state index is 13.3. The van der Waals surface area contributed by atoms with Gasteiger partial charge in [0.15, 0.2) is 0 Å². The first-order chi connectivity index (χ1) is 18.2. The molecule has 1 heterocycles. The fourth-order valence-corrected chi connectivity index (χ4v) is 4.75. The van der Waals surface area contributed by atoms with Crippen LogP contribution in [-0.4, -0.2) is 43.0 Å². The first-order valence-corrected chi connectivity index (χ1v) is 13.0. The molecule has 38 heavy (non-hydrogen) atoms. The van der Waals surface area contributed by atoms with Crippen molar-refractivity contribution in [2.75, 3.05) is 41.7 Å². The van der Waals surface area contributed by atoms with Gasteiger partial charge in [0.05, 0.1) is 16.3 Å². The van der Waals surface area contributed by atoms with Crippen LogP contribution >= 0.6 is 11.6 Å². The standard InChI is InChI=1S/C28H30ClF3N4O2/c29-24-10-5-9-23(28(30,31)32)26(24)34-27(38)36-18-16-35(17-19-36)22-14-12-21(13-15-22)33-25(37)11-4-8-20-6-2-1-3-7-20/h2,5-7,9-10,12-15H,1,3-4,8,11,16-19H2,(H,33,37)(H,34,38). The topological polar surface area (TPSA) is 64.7 Å². The molecule has 10 heteroatoms. The molecule has 1 fully saturated rings. The third-order valence-corrected chi connectivity index (χ3v) is 6.89. The van der Waals surface area contributed by atoms with Crippen molar-refractivity contribution in [1.29, 1.82) is 0 Å². The van der Waals surface area contributed by atoms with E-state index < -0.39 is 23.5 Å². The van der Waals surface area contributed by atoms with E-state index in [1.54, 1.807) is 0 Å². The van der Waals surface area contributed by atoms with Gasteiger partial charge in [0.1, 0.15) is 0 Å². The summed E-state index contributed by atoms with van der Waals surface area (Å²) in [6.07, 6.45) is 6.19. The summed E-state index contributed by atoms with van der Waals surface area (Å²) >= 11 is 5.95. The lowest BCUT2D eigenvalue weighted by Crippen LogP contribution is -2.50. The molecule has 4 rings (SSSR count). The summed E-state index contributed by atoms with van der Waals surface area (Å²) in [4.78, 5) is 28.5. The monoisotopic (exact) mass is 546 g/mol. The molecule has 0 spiro atoms. The van der Waals surface area contributed by atoms with Crippen LogP contribution in [0.4, 0.5) is 35.0 Å². The van der Waals surface area contributed by atoms with E-state index >= 15 is 0 Å². The number of allylic oxidation sites excluding steroid dienone is 4. The second-order valence-electron chi connectivity index (χ2n) is 9.27. The number of nitrogens with zero attached hydrogens (tertiary/aromatic N) is 2. The summed E-state index contributed by atoms with van der Waals surface area (Å²) in [5.41, 5.74) is 1.52. The summed E-state index contributed by atoms with van der Waals surface area (Å²) in [7, 11) is 0. The molecule has 2 aromatic rings. The van der Waals surface area contributed by atoms with E-state index in [-0.39, 0.29) is 10.9 Å². The molecule has 2 N–H and O–H groups in total. The van der Waals surface area contributed by atoms with E-state index in [0.717, 1.165) is 37.4 Å². The molecule has 0 aromatic heterocycles. The molecule has 3 amide bonds. The summed E-state index contributed by atoms with van der Waals surface area (Å²) in [5, 5.41) is 5.10. The molecule has 0 saturated carbocycles. The first kappa shape index (κ1) is 27.6. The third-order valence-electron chi connectivity index (χ3n) is 6.58. The second-order valence-corrected chi connectivity index (χ2v) is 9.68.